The predicted molar refractivity (Wildman–Crippen MR) is 61.5 cm³/mol. The zero-order valence-electron chi connectivity index (χ0n) is 10.0. The van der Waals surface area contributed by atoms with Crippen LogP contribution in [0.3, 0.4) is 0 Å². The number of nitrogens with zero attached hydrogens (tertiary/aromatic N) is 2. The van der Waals surface area contributed by atoms with Crippen molar-refractivity contribution < 1.29 is 9.50 Å². The molecule has 0 aliphatic rings. The summed E-state index contributed by atoms with van der Waals surface area (Å²) in [6, 6.07) is 2.85. The van der Waals surface area contributed by atoms with E-state index in [1.54, 1.807) is 0 Å². The van der Waals surface area contributed by atoms with E-state index in [4.69, 9.17) is 0 Å². The molecule has 0 radical (unpaired) electrons. The molecule has 0 spiro atoms. The van der Waals surface area contributed by atoms with Crippen LogP contribution in [0.5, 0.6) is 0 Å². The van der Waals surface area contributed by atoms with E-state index in [0.717, 1.165) is 19.3 Å². The van der Waals surface area contributed by atoms with E-state index < -0.39 is 6.10 Å². The molecule has 0 fully saturated rings. The highest BCUT2D eigenvalue weighted by Crippen LogP contribution is 2.20. The number of aliphatic hydroxyl groups excluding tert-OH is 1. The molecule has 0 aromatic carbocycles. The van der Waals surface area contributed by atoms with E-state index in [2.05, 4.69) is 16.8 Å². The van der Waals surface area contributed by atoms with E-state index >= 15 is 0 Å². The molecule has 1 heterocycles. The molecule has 0 aliphatic carbocycles. The maximum atomic E-state index is 12.7. The summed E-state index contributed by atoms with van der Waals surface area (Å²) in [6.07, 6.45) is 0.490. The lowest BCUT2D eigenvalue weighted by Gasteiger charge is -2.23. The fourth-order valence-electron chi connectivity index (χ4n) is 1.57. The molecule has 4 heteroatoms. The average molecular weight is 226 g/mol. The Morgan fingerprint density at radius 1 is 1.50 bits per heavy atom. The normalized spacial score (nSPS) is 15.1. The van der Waals surface area contributed by atoms with Crippen molar-refractivity contribution >= 4 is 0 Å². The summed E-state index contributed by atoms with van der Waals surface area (Å²) < 4.78 is 12.7. The van der Waals surface area contributed by atoms with Gasteiger partial charge in [0.25, 0.3) is 0 Å². The summed E-state index contributed by atoms with van der Waals surface area (Å²) in [5.74, 6) is -0.308. The SMILES string of the molecule is CCN(C)CC(C)C(O)c1ccc(F)cn1. The topological polar surface area (TPSA) is 36.4 Å². The lowest BCUT2D eigenvalue weighted by atomic mass is 10.0. The van der Waals surface area contributed by atoms with Gasteiger partial charge < -0.3 is 10.0 Å². The molecule has 0 saturated carbocycles. The van der Waals surface area contributed by atoms with Gasteiger partial charge in [0.15, 0.2) is 0 Å². The summed E-state index contributed by atoms with van der Waals surface area (Å²) in [5, 5.41) is 10.0. The van der Waals surface area contributed by atoms with Crippen molar-refractivity contribution in [1.82, 2.24) is 9.88 Å². The molecule has 1 aromatic rings. The third kappa shape index (κ3) is 3.54. The lowest BCUT2D eigenvalue weighted by Crippen LogP contribution is -2.27. The van der Waals surface area contributed by atoms with Crippen molar-refractivity contribution in [3.63, 3.8) is 0 Å². The zero-order chi connectivity index (χ0) is 12.1. The first kappa shape index (κ1) is 13.1. The molecule has 0 bridgehead atoms. The van der Waals surface area contributed by atoms with Crippen molar-refractivity contribution in [2.45, 2.75) is 20.0 Å². The van der Waals surface area contributed by atoms with Gasteiger partial charge in [0, 0.05) is 12.5 Å². The van der Waals surface area contributed by atoms with E-state index in [1.165, 1.54) is 12.1 Å². The molecule has 1 N–H and O–H groups in total. The molecule has 0 amide bonds. The van der Waals surface area contributed by atoms with Crippen LogP contribution in [0.1, 0.15) is 25.6 Å². The smallest absolute Gasteiger partial charge is 0.141 e. The van der Waals surface area contributed by atoms with Crippen molar-refractivity contribution in [3.8, 4) is 0 Å². The third-order valence-electron chi connectivity index (χ3n) is 2.73. The number of hydrogen-bond acceptors (Lipinski definition) is 3. The Kier molecular flexibility index (Phi) is 4.83. The number of hydrogen-bond donors (Lipinski definition) is 1. The number of halogens is 1. The number of rotatable bonds is 5. The Hall–Kier alpha value is -1.00. The second-order valence-corrected chi connectivity index (χ2v) is 4.18. The highest BCUT2D eigenvalue weighted by atomic mass is 19.1. The highest BCUT2D eigenvalue weighted by Gasteiger charge is 2.18. The van der Waals surface area contributed by atoms with Gasteiger partial charge >= 0.3 is 0 Å². The summed E-state index contributed by atoms with van der Waals surface area (Å²) >= 11 is 0. The number of pyridine rings is 1. The van der Waals surface area contributed by atoms with Gasteiger partial charge in [-0.2, -0.15) is 0 Å². The van der Waals surface area contributed by atoms with Gasteiger partial charge in [0.2, 0.25) is 0 Å². The van der Waals surface area contributed by atoms with Gasteiger partial charge in [-0.1, -0.05) is 13.8 Å². The zero-order valence-corrected chi connectivity index (χ0v) is 10.0. The molecule has 2 unspecified atom stereocenters. The third-order valence-corrected chi connectivity index (χ3v) is 2.73. The van der Waals surface area contributed by atoms with Crippen molar-refractivity contribution in [2.75, 3.05) is 20.1 Å². The fourth-order valence-corrected chi connectivity index (χ4v) is 1.57. The number of aliphatic hydroxyl groups is 1. The molecular weight excluding hydrogens is 207 g/mol. The van der Waals surface area contributed by atoms with Gasteiger partial charge in [-0.05, 0) is 25.7 Å². The second-order valence-electron chi connectivity index (χ2n) is 4.18. The summed E-state index contributed by atoms with van der Waals surface area (Å²) in [6.45, 7) is 5.75. The van der Waals surface area contributed by atoms with E-state index in [-0.39, 0.29) is 11.7 Å². The minimum absolute atomic E-state index is 0.0721. The standard InChI is InChI=1S/C12H19FN2O/c1-4-15(3)8-9(2)12(16)11-6-5-10(13)7-14-11/h5-7,9,12,16H,4,8H2,1-3H3. The first-order valence-corrected chi connectivity index (χ1v) is 5.52. The first-order valence-electron chi connectivity index (χ1n) is 5.52. The van der Waals surface area contributed by atoms with Gasteiger partial charge in [0.05, 0.1) is 18.0 Å². The Labute approximate surface area is 95.9 Å². The largest absolute Gasteiger partial charge is 0.386 e. The molecule has 0 saturated heterocycles. The van der Waals surface area contributed by atoms with Gasteiger partial charge in [-0.15, -0.1) is 0 Å². The van der Waals surface area contributed by atoms with Crippen LogP contribution in [-0.2, 0) is 0 Å². The van der Waals surface area contributed by atoms with Crippen LogP contribution in [-0.4, -0.2) is 35.1 Å². The van der Waals surface area contributed by atoms with Crippen LogP contribution in [0.4, 0.5) is 4.39 Å². The van der Waals surface area contributed by atoms with E-state index in [1.807, 2.05) is 14.0 Å². The van der Waals surface area contributed by atoms with Crippen molar-refractivity contribution in [1.29, 1.82) is 0 Å². The Bertz CT molecular complexity index is 315. The first-order chi connectivity index (χ1) is 7.54. The van der Waals surface area contributed by atoms with Crippen LogP contribution in [0, 0.1) is 11.7 Å². The molecule has 0 aliphatic heterocycles. The van der Waals surface area contributed by atoms with Gasteiger partial charge in [-0.3, -0.25) is 4.98 Å². The quantitative estimate of drug-likeness (QED) is 0.832. The van der Waals surface area contributed by atoms with Gasteiger partial charge in [-0.25, -0.2) is 4.39 Å². The summed E-state index contributed by atoms with van der Waals surface area (Å²) in [5.41, 5.74) is 0.526. The Balaban J connectivity index is 2.62. The van der Waals surface area contributed by atoms with E-state index in [9.17, 15) is 9.50 Å². The maximum Gasteiger partial charge on any atom is 0.141 e. The summed E-state index contributed by atoms with van der Waals surface area (Å²) in [7, 11) is 2.00. The van der Waals surface area contributed by atoms with Crippen LogP contribution in [0.25, 0.3) is 0 Å². The second kappa shape index (κ2) is 5.92. The fraction of sp³-hybridized carbons (Fsp3) is 0.583. The predicted octanol–water partition coefficient (Wildman–Crippen LogP) is 1.84. The molecule has 2 atom stereocenters. The molecular formula is C12H19FN2O. The molecule has 1 aromatic heterocycles. The molecule has 1 rings (SSSR count). The lowest BCUT2D eigenvalue weighted by molar-refractivity contribution is 0.0924. The van der Waals surface area contributed by atoms with Crippen LogP contribution < -0.4 is 0 Å². The Morgan fingerprint density at radius 2 is 2.19 bits per heavy atom. The average Bonchev–Trinajstić information content (AvgIpc) is 2.28. The maximum absolute atomic E-state index is 12.7. The monoisotopic (exact) mass is 226 g/mol. The van der Waals surface area contributed by atoms with Crippen LogP contribution in [0.15, 0.2) is 18.3 Å². The van der Waals surface area contributed by atoms with Crippen molar-refractivity contribution in [2.24, 2.45) is 5.92 Å². The Morgan fingerprint density at radius 3 is 2.69 bits per heavy atom. The summed E-state index contributed by atoms with van der Waals surface area (Å²) in [4.78, 5) is 6.01. The van der Waals surface area contributed by atoms with Crippen LogP contribution >= 0.6 is 0 Å². The molecule has 90 valence electrons. The number of aromatic nitrogens is 1. The van der Waals surface area contributed by atoms with Gasteiger partial charge in [0.1, 0.15) is 5.82 Å². The minimum atomic E-state index is -0.644. The highest BCUT2D eigenvalue weighted by molar-refractivity contribution is 5.08. The van der Waals surface area contributed by atoms with Crippen LogP contribution in [0.2, 0.25) is 0 Å². The van der Waals surface area contributed by atoms with E-state index in [0.29, 0.717) is 5.69 Å². The molecule has 3 nitrogen and oxygen atoms in total. The van der Waals surface area contributed by atoms with Crippen molar-refractivity contribution in [3.05, 3.63) is 29.8 Å². The molecule has 16 heavy (non-hydrogen) atoms. The minimum Gasteiger partial charge on any atom is -0.386 e.